The smallest absolute Gasteiger partial charge is 0.243 e. The first-order valence-electron chi connectivity index (χ1n) is 7.05. The molecule has 5 heteroatoms. The van der Waals surface area contributed by atoms with Crippen LogP contribution in [0.2, 0.25) is 0 Å². The van der Waals surface area contributed by atoms with Crippen molar-refractivity contribution in [3.8, 4) is 0 Å². The van der Waals surface area contributed by atoms with Crippen LogP contribution in [0.1, 0.15) is 32.3 Å². The fourth-order valence-corrected chi connectivity index (χ4v) is 4.16. The highest BCUT2D eigenvalue weighted by Crippen LogP contribution is 2.32. The summed E-state index contributed by atoms with van der Waals surface area (Å²) in [5, 5.41) is 8.80. The molecule has 1 aromatic carbocycles. The predicted octanol–water partition coefficient (Wildman–Crippen LogP) is 2.03. The molecule has 4 nitrogen and oxygen atoms in total. The highest BCUT2D eigenvalue weighted by atomic mass is 32.2. The summed E-state index contributed by atoms with van der Waals surface area (Å²) in [6.07, 6.45) is 2.38. The highest BCUT2D eigenvalue weighted by Gasteiger charge is 2.36. The van der Waals surface area contributed by atoms with E-state index >= 15 is 0 Å². The SMILES string of the molecule is CC1(C)CCN(S(=O)(=O)c2ccc(CCCO)cc2)C1. The summed E-state index contributed by atoms with van der Waals surface area (Å²) in [7, 11) is -3.36. The highest BCUT2D eigenvalue weighted by molar-refractivity contribution is 7.89. The minimum absolute atomic E-state index is 0.0636. The van der Waals surface area contributed by atoms with Crippen LogP contribution in [-0.2, 0) is 16.4 Å². The van der Waals surface area contributed by atoms with Crippen LogP contribution in [0.3, 0.4) is 0 Å². The van der Waals surface area contributed by atoms with Crippen molar-refractivity contribution in [3.63, 3.8) is 0 Å². The maximum atomic E-state index is 12.5. The summed E-state index contributed by atoms with van der Waals surface area (Å²) in [6, 6.07) is 7.02. The van der Waals surface area contributed by atoms with Gasteiger partial charge in [-0.3, -0.25) is 0 Å². The number of aliphatic hydroxyl groups is 1. The van der Waals surface area contributed by atoms with Crippen molar-refractivity contribution < 1.29 is 13.5 Å². The molecule has 1 aliphatic heterocycles. The van der Waals surface area contributed by atoms with Gasteiger partial charge in [0.1, 0.15) is 0 Å². The van der Waals surface area contributed by atoms with Crippen molar-refractivity contribution in [2.45, 2.75) is 38.0 Å². The molecule has 1 N–H and O–H groups in total. The zero-order chi connectivity index (χ0) is 14.8. The second-order valence-corrected chi connectivity index (χ2v) is 8.16. The summed E-state index contributed by atoms with van der Waals surface area (Å²) in [4.78, 5) is 0.364. The minimum atomic E-state index is -3.36. The zero-order valence-corrected chi connectivity index (χ0v) is 13.0. The van der Waals surface area contributed by atoms with Gasteiger partial charge in [-0.1, -0.05) is 26.0 Å². The molecule has 1 aliphatic rings. The second kappa shape index (κ2) is 5.84. The molecule has 1 heterocycles. The predicted molar refractivity (Wildman–Crippen MR) is 79.0 cm³/mol. The Hall–Kier alpha value is -0.910. The Kier molecular flexibility index (Phi) is 4.52. The van der Waals surface area contributed by atoms with Crippen LogP contribution in [-0.4, -0.2) is 37.5 Å². The first-order chi connectivity index (χ1) is 9.35. The third kappa shape index (κ3) is 3.40. The summed E-state index contributed by atoms with van der Waals surface area (Å²) < 4.78 is 26.6. The standard InChI is InChI=1S/C15H23NO3S/c1-15(2)9-10-16(12-15)20(18,19)14-7-5-13(6-8-14)4-3-11-17/h5-8,17H,3-4,9-12H2,1-2H3. The molecular weight excluding hydrogens is 274 g/mol. The van der Waals surface area contributed by atoms with E-state index in [0.717, 1.165) is 18.4 Å². The van der Waals surface area contributed by atoms with E-state index in [0.29, 0.717) is 24.4 Å². The second-order valence-electron chi connectivity index (χ2n) is 6.22. The monoisotopic (exact) mass is 297 g/mol. The largest absolute Gasteiger partial charge is 0.396 e. The number of benzene rings is 1. The van der Waals surface area contributed by atoms with Gasteiger partial charge in [-0.05, 0) is 42.4 Å². The van der Waals surface area contributed by atoms with Gasteiger partial charge >= 0.3 is 0 Å². The van der Waals surface area contributed by atoms with E-state index in [9.17, 15) is 8.42 Å². The van der Waals surface area contributed by atoms with Crippen LogP contribution in [0.15, 0.2) is 29.2 Å². The van der Waals surface area contributed by atoms with Gasteiger partial charge in [0.2, 0.25) is 10.0 Å². The van der Waals surface area contributed by atoms with Gasteiger partial charge in [0.25, 0.3) is 0 Å². The average molecular weight is 297 g/mol. The number of nitrogens with zero attached hydrogens (tertiary/aromatic N) is 1. The minimum Gasteiger partial charge on any atom is -0.396 e. The van der Waals surface area contributed by atoms with Crippen molar-refractivity contribution in [1.29, 1.82) is 0 Å². The van der Waals surface area contributed by atoms with Crippen LogP contribution >= 0.6 is 0 Å². The van der Waals surface area contributed by atoms with Gasteiger partial charge in [0, 0.05) is 19.7 Å². The number of aliphatic hydroxyl groups excluding tert-OH is 1. The quantitative estimate of drug-likeness (QED) is 0.904. The van der Waals surface area contributed by atoms with Crippen LogP contribution in [0.5, 0.6) is 0 Å². The van der Waals surface area contributed by atoms with Crippen LogP contribution in [0, 0.1) is 5.41 Å². The summed E-state index contributed by atoms with van der Waals surface area (Å²) >= 11 is 0. The first kappa shape index (κ1) is 15.5. The van der Waals surface area contributed by atoms with Crippen molar-refractivity contribution in [2.24, 2.45) is 5.41 Å². The molecule has 0 amide bonds. The number of rotatable bonds is 5. The Balaban J connectivity index is 2.14. The van der Waals surface area contributed by atoms with E-state index in [1.54, 1.807) is 16.4 Å². The molecule has 1 fully saturated rings. The molecule has 0 bridgehead atoms. The van der Waals surface area contributed by atoms with Gasteiger partial charge in [-0.25, -0.2) is 8.42 Å². The molecule has 0 spiro atoms. The van der Waals surface area contributed by atoms with Gasteiger partial charge < -0.3 is 5.11 Å². The molecule has 1 aromatic rings. The third-order valence-electron chi connectivity index (χ3n) is 3.83. The van der Waals surface area contributed by atoms with E-state index in [4.69, 9.17) is 5.11 Å². The molecule has 1 saturated heterocycles. The lowest BCUT2D eigenvalue weighted by Gasteiger charge is -2.19. The maximum Gasteiger partial charge on any atom is 0.243 e. The molecule has 0 aromatic heterocycles. The molecule has 0 atom stereocenters. The Bertz CT molecular complexity index is 549. The maximum absolute atomic E-state index is 12.5. The Morgan fingerprint density at radius 2 is 1.90 bits per heavy atom. The molecule has 20 heavy (non-hydrogen) atoms. The van der Waals surface area contributed by atoms with Crippen LogP contribution < -0.4 is 0 Å². The lowest BCUT2D eigenvalue weighted by Crippen LogP contribution is -2.30. The van der Waals surface area contributed by atoms with Crippen molar-refractivity contribution in [3.05, 3.63) is 29.8 Å². The number of sulfonamides is 1. The molecule has 0 unspecified atom stereocenters. The van der Waals surface area contributed by atoms with Crippen molar-refractivity contribution in [2.75, 3.05) is 19.7 Å². The topological polar surface area (TPSA) is 57.6 Å². The van der Waals surface area contributed by atoms with Crippen molar-refractivity contribution >= 4 is 10.0 Å². The number of hydrogen-bond acceptors (Lipinski definition) is 3. The Labute approximate surface area is 121 Å². The Morgan fingerprint density at radius 1 is 1.25 bits per heavy atom. The van der Waals surface area contributed by atoms with Crippen LogP contribution in [0.4, 0.5) is 0 Å². The lowest BCUT2D eigenvalue weighted by atomic mass is 9.93. The average Bonchev–Trinajstić information content (AvgIpc) is 2.78. The summed E-state index contributed by atoms with van der Waals surface area (Å²) in [6.45, 7) is 5.53. The van der Waals surface area contributed by atoms with E-state index in [1.165, 1.54) is 0 Å². The zero-order valence-electron chi connectivity index (χ0n) is 12.2. The molecule has 0 aliphatic carbocycles. The first-order valence-corrected chi connectivity index (χ1v) is 8.49. The fraction of sp³-hybridized carbons (Fsp3) is 0.600. The lowest BCUT2D eigenvalue weighted by molar-refractivity contribution is 0.288. The third-order valence-corrected chi connectivity index (χ3v) is 5.69. The van der Waals surface area contributed by atoms with Gasteiger partial charge in [0.15, 0.2) is 0 Å². The summed E-state index contributed by atoms with van der Waals surface area (Å²) in [5.41, 5.74) is 1.12. The van der Waals surface area contributed by atoms with Gasteiger partial charge in [-0.15, -0.1) is 0 Å². The van der Waals surface area contributed by atoms with Crippen molar-refractivity contribution in [1.82, 2.24) is 4.31 Å². The normalized spacial score (nSPS) is 19.4. The summed E-state index contributed by atoms with van der Waals surface area (Å²) in [5.74, 6) is 0. The van der Waals surface area contributed by atoms with Gasteiger partial charge in [0.05, 0.1) is 4.90 Å². The van der Waals surface area contributed by atoms with E-state index < -0.39 is 10.0 Å². The molecular formula is C15H23NO3S. The fourth-order valence-electron chi connectivity index (χ4n) is 2.53. The van der Waals surface area contributed by atoms with E-state index in [2.05, 4.69) is 13.8 Å². The molecule has 0 saturated carbocycles. The van der Waals surface area contributed by atoms with E-state index in [1.807, 2.05) is 12.1 Å². The molecule has 0 radical (unpaired) electrons. The number of aryl methyl sites for hydroxylation is 1. The van der Waals surface area contributed by atoms with E-state index in [-0.39, 0.29) is 12.0 Å². The van der Waals surface area contributed by atoms with Crippen LogP contribution in [0.25, 0.3) is 0 Å². The van der Waals surface area contributed by atoms with Gasteiger partial charge in [-0.2, -0.15) is 4.31 Å². The Morgan fingerprint density at radius 3 is 2.40 bits per heavy atom. The molecule has 112 valence electrons. The molecule has 2 rings (SSSR count). The number of hydrogen-bond donors (Lipinski definition) is 1.